The van der Waals surface area contributed by atoms with Gasteiger partial charge in [-0.15, -0.1) is 5.10 Å². The van der Waals surface area contributed by atoms with Crippen molar-refractivity contribution in [1.82, 2.24) is 24.3 Å². The number of rotatable bonds is 2. The van der Waals surface area contributed by atoms with Gasteiger partial charge in [0.2, 0.25) is 0 Å². The predicted octanol–water partition coefficient (Wildman–Crippen LogP) is 0.997. The lowest BCUT2D eigenvalue weighted by molar-refractivity contribution is 0.717. The molecule has 0 spiro atoms. The van der Waals surface area contributed by atoms with Crippen LogP contribution in [0.1, 0.15) is 6.92 Å². The Labute approximate surface area is 103 Å². The van der Waals surface area contributed by atoms with Gasteiger partial charge in [-0.25, -0.2) is 9.67 Å². The van der Waals surface area contributed by atoms with Crippen molar-refractivity contribution in [2.24, 2.45) is 0 Å². The maximum Gasteiger partial charge on any atom is 0.264 e. The van der Waals surface area contributed by atoms with E-state index in [-0.39, 0.29) is 5.56 Å². The third-order valence-corrected chi connectivity index (χ3v) is 2.76. The summed E-state index contributed by atoms with van der Waals surface area (Å²) in [7, 11) is 0. The monoisotopic (exact) mass is 241 g/mol. The largest absolute Gasteiger partial charge is 0.299 e. The molecule has 3 rings (SSSR count). The Bertz CT molecular complexity index is 744. The van der Waals surface area contributed by atoms with Crippen molar-refractivity contribution in [1.29, 1.82) is 0 Å². The van der Waals surface area contributed by atoms with Crippen LogP contribution in [0.15, 0.2) is 41.8 Å². The minimum atomic E-state index is -0.0716. The van der Waals surface area contributed by atoms with Gasteiger partial charge in [0.05, 0.1) is 11.9 Å². The normalized spacial score (nSPS) is 10.9. The molecule has 6 heteroatoms. The minimum absolute atomic E-state index is 0.0716. The van der Waals surface area contributed by atoms with E-state index in [1.165, 1.54) is 6.33 Å². The molecule has 0 saturated carbocycles. The molecule has 0 amide bonds. The zero-order chi connectivity index (χ0) is 12.5. The third-order valence-electron chi connectivity index (χ3n) is 2.76. The Hall–Kier alpha value is -2.50. The highest BCUT2D eigenvalue weighted by Crippen LogP contribution is 2.09. The molecule has 0 unspecified atom stereocenters. The summed E-state index contributed by atoms with van der Waals surface area (Å²) < 4.78 is 3.17. The second-order valence-electron chi connectivity index (χ2n) is 3.86. The molecular weight excluding hydrogens is 230 g/mol. The van der Waals surface area contributed by atoms with Gasteiger partial charge in [-0.05, 0) is 19.1 Å². The highest BCUT2D eigenvalue weighted by Gasteiger charge is 2.08. The number of hydrogen-bond donors (Lipinski definition) is 0. The molecule has 0 aliphatic rings. The van der Waals surface area contributed by atoms with Crippen molar-refractivity contribution in [3.05, 3.63) is 47.4 Å². The van der Waals surface area contributed by atoms with E-state index in [2.05, 4.69) is 15.1 Å². The van der Waals surface area contributed by atoms with Crippen LogP contribution in [0.3, 0.4) is 0 Å². The fourth-order valence-corrected chi connectivity index (χ4v) is 1.79. The Kier molecular flexibility index (Phi) is 2.40. The summed E-state index contributed by atoms with van der Waals surface area (Å²) in [5.41, 5.74) is 1.18. The van der Waals surface area contributed by atoms with Crippen LogP contribution in [-0.2, 0) is 6.54 Å². The Balaban J connectivity index is 2.24. The van der Waals surface area contributed by atoms with Crippen molar-refractivity contribution < 1.29 is 0 Å². The molecular formula is C12H11N5O. The number of hydrogen-bond acceptors (Lipinski definition) is 4. The van der Waals surface area contributed by atoms with Gasteiger partial charge in [0.1, 0.15) is 11.7 Å². The van der Waals surface area contributed by atoms with Crippen molar-refractivity contribution in [3.63, 3.8) is 0 Å². The van der Waals surface area contributed by atoms with E-state index in [0.29, 0.717) is 17.6 Å². The van der Waals surface area contributed by atoms with E-state index < -0.39 is 0 Å². The number of nitrogens with zero attached hydrogens (tertiary/aromatic N) is 5. The van der Waals surface area contributed by atoms with Gasteiger partial charge in [0.15, 0.2) is 5.65 Å². The van der Waals surface area contributed by atoms with Crippen LogP contribution < -0.4 is 5.56 Å². The van der Waals surface area contributed by atoms with E-state index in [1.54, 1.807) is 27.8 Å². The maximum atomic E-state index is 12.1. The highest BCUT2D eigenvalue weighted by atomic mass is 16.1. The van der Waals surface area contributed by atoms with Crippen LogP contribution in [0.2, 0.25) is 0 Å². The lowest BCUT2D eigenvalue weighted by Gasteiger charge is -1.97. The van der Waals surface area contributed by atoms with Gasteiger partial charge in [-0.2, -0.15) is 0 Å². The molecule has 6 nitrogen and oxygen atoms in total. The van der Waals surface area contributed by atoms with Gasteiger partial charge >= 0.3 is 0 Å². The number of aromatic nitrogens is 5. The SMILES string of the molecule is CCn1cnc2nn(-c3cccnc3)cc2c1=O. The molecule has 0 saturated heterocycles. The molecule has 0 aliphatic carbocycles. The molecule has 0 aromatic carbocycles. The summed E-state index contributed by atoms with van der Waals surface area (Å²) in [5.74, 6) is 0. The van der Waals surface area contributed by atoms with Crippen LogP contribution in [0.25, 0.3) is 16.7 Å². The van der Waals surface area contributed by atoms with Gasteiger partial charge < -0.3 is 0 Å². The molecule has 3 aromatic rings. The number of fused-ring (bicyclic) bond motifs is 1. The first-order chi connectivity index (χ1) is 8.79. The summed E-state index contributed by atoms with van der Waals surface area (Å²) in [5, 5.41) is 4.79. The summed E-state index contributed by atoms with van der Waals surface area (Å²) in [6, 6.07) is 3.69. The second-order valence-corrected chi connectivity index (χ2v) is 3.86. The first kappa shape index (κ1) is 10.6. The second kappa shape index (κ2) is 4.06. The fraction of sp³-hybridized carbons (Fsp3) is 0.167. The average Bonchev–Trinajstić information content (AvgIpc) is 2.85. The molecule has 18 heavy (non-hydrogen) atoms. The minimum Gasteiger partial charge on any atom is -0.299 e. The summed E-state index contributed by atoms with van der Waals surface area (Å²) >= 11 is 0. The zero-order valence-corrected chi connectivity index (χ0v) is 9.82. The first-order valence-electron chi connectivity index (χ1n) is 5.65. The van der Waals surface area contributed by atoms with E-state index in [9.17, 15) is 4.79 Å². The Morgan fingerprint density at radius 1 is 1.39 bits per heavy atom. The molecule has 0 N–H and O–H groups in total. The van der Waals surface area contributed by atoms with Crippen LogP contribution in [0.5, 0.6) is 0 Å². The van der Waals surface area contributed by atoms with Crippen LogP contribution in [-0.4, -0.2) is 24.3 Å². The quantitative estimate of drug-likeness (QED) is 0.671. The smallest absolute Gasteiger partial charge is 0.264 e. The van der Waals surface area contributed by atoms with Crippen molar-refractivity contribution in [3.8, 4) is 5.69 Å². The predicted molar refractivity (Wildman–Crippen MR) is 66.6 cm³/mol. The summed E-state index contributed by atoms with van der Waals surface area (Å²) in [6.45, 7) is 2.50. The van der Waals surface area contributed by atoms with Crippen molar-refractivity contribution in [2.75, 3.05) is 0 Å². The summed E-state index contributed by atoms with van der Waals surface area (Å²) in [4.78, 5) is 20.3. The molecule has 0 fully saturated rings. The molecule has 90 valence electrons. The lowest BCUT2D eigenvalue weighted by atomic mass is 10.4. The molecule has 3 aromatic heterocycles. The van der Waals surface area contributed by atoms with E-state index in [1.807, 2.05) is 19.1 Å². The van der Waals surface area contributed by atoms with E-state index >= 15 is 0 Å². The fourth-order valence-electron chi connectivity index (χ4n) is 1.79. The van der Waals surface area contributed by atoms with E-state index in [4.69, 9.17) is 0 Å². The number of pyridine rings is 1. The first-order valence-corrected chi connectivity index (χ1v) is 5.65. The van der Waals surface area contributed by atoms with E-state index in [0.717, 1.165) is 5.69 Å². The maximum absolute atomic E-state index is 12.1. The van der Waals surface area contributed by atoms with Gasteiger partial charge in [-0.1, -0.05) is 0 Å². The van der Waals surface area contributed by atoms with Gasteiger partial charge in [-0.3, -0.25) is 14.3 Å². The van der Waals surface area contributed by atoms with Gasteiger partial charge in [0, 0.05) is 18.9 Å². The highest BCUT2D eigenvalue weighted by molar-refractivity contribution is 5.73. The summed E-state index contributed by atoms with van der Waals surface area (Å²) in [6.07, 6.45) is 6.58. The molecule has 0 bridgehead atoms. The topological polar surface area (TPSA) is 65.6 Å². The van der Waals surface area contributed by atoms with Crippen LogP contribution >= 0.6 is 0 Å². The van der Waals surface area contributed by atoms with Crippen molar-refractivity contribution >= 4 is 11.0 Å². The number of aryl methyl sites for hydroxylation is 1. The van der Waals surface area contributed by atoms with Gasteiger partial charge in [0.25, 0.3) is 5.56 Å². The molecule has 0 atom stereocenters. The lowest BCUT2D eigenvalue weighted by Crippen LogP contribution is -2.18. The molecule has 0 aliphatic heterocycles. The molecule has 0 radical (unpaired) electrons. The zero-order valence-electron chi connectivity index (χ0n) is 9.82. The standard InChI is InChI=1S/C12H11N5O/c1-2-16-8-14-11-10(12(16)18)7-17(15-11)9-4-3-5-13-6-9/h3-8H,2H2,1H3. The Morgan fingerprint density at radius 3 is 3.00 bits per heavy atom. The van der Waals surface area contributed by atoms with Crippen LogP contribution in [0, 0.1) is 0 Å². The van der Waals surface area contributed by atoms with Crippen LogP contribution in [0.4, 0.5) is 0 Å². The third kappa shape index (κ3) is 1.58. The van der Waals surface area contributed by atoms with Crippen molar-refractivity contribution in [2.45, 2.75) is 13.5 Å². The Morgan fingerprint density at radius 2 is 2.28 bits per heavy atom. The molecule has 3 heterocycles. The average molecular weight is 241 g/mol.